The summed E-state index contributed by atoms with van der Waals surface area (Å²) in [5, 5.41) is 9.00. The number of para-hydroxylation sites is 1. The van der Waals surface area contributed by atoms with Gasteiger partial charge in [-0.1, -0.05) is 23.4 Å². The monoisotopic (exact) mass is 463 g/mol. The Labute approximate surface area is 186 Å². The molecule has 32 heavy (non-hydrogen) atoms. The van der Waals surface area contributed by atoms with Crippen molar-refractivity contribution < 1.29 is 27.3 Å². The fraction of sp³-hybridized carbons (Fsp3) is 0.227. The van der Waals surface area contributed by atoms with Crippen LogP contribution >= 0.6 is 11.8 Å². The normalized spacial score (nSPS) is 11.3. The van der Waals surface area contributed by atoms with Crippen molar-refractivity contribution in [1.29, 1.82) is 0 Å². The number of aryl methyl sites for hydroxylation is 2. The number of benzene rings is 2. The van der Waals surface area contributed by atoms with E-state index in [-0.39, 0.29) is 28.6 Å². The Morgan fingerprint density at radius 3 is 2.50 bits per heavy atom. The van der Waals surface area contributed by atoms with Gasteiger partial charge in [0, 0.05) is 17.0 Å². The lowest BCUT2D eigenvalue weighted by Crippen LogP contribution is -2.19. The van der Waals surface area contributed by atoms with Gasteiger partial charge in [-0.15, -0.1) is 11.8 Å². The van der Waals surface area contributed by atoms with E-state index in [9.17, 15) is 22.8 Å². The second kappa shape index (κ2) is 9.90. The van der Waals surface area contributed by atoms with Crippen molar-refractivity contribution in [2.75, 3.05) is 16.4 Å². The highest BCUT2D eigenvalue weighted by atomic mass is 32.2. The molecular formula is C22H20F3N3O3S. The molecule has 0 bridgehead atoms. The topological polar surface area (TPSA) is 84.2 Å². The van der Waals surface area contributed by atoms with Gasteiger partial charge in [0.2, 0.25) is 5.91 Å². The van der Waals surface area contributed by atoms with Gasteiger partial charge in [-0.3, -0.25) is 9.59 Å². The van der Waals surface area contributed by atoms with E-state index in [1.54, 1.807) is 25.1 Å². The van der Waals surface area contributed by atoms with E-state index in [0.29, 0.717) is 11.5 Å². The van der Waals surface area contributed by atoms with Crippen LogP contribution < -0.4 is 10.6 Å². The Morgan fingerprint density at radius 2 is 1.81 bits per heavy atom. The van der Waals surface area contributed by atoms with E-state index in [2.05, 4.69) is 15.8 Å². The molecule has 0 aliphatic rings. The van der Waals surface area contributed by atoms with Crippen LogP contribution in [0.25, 0.3) is 0 Å². The molecule has 168 valence electrons. The molecule has 0 aliphatic carbocycles. The third-order valence-corrected chi connectivity index (χ3v) is 5.51. The fourth-order valence-corrected chi connectivity index (χ4v) is 3.88. The average Bonchev–Trinajstić information content (AvgIpc) is 3.06. The van der Waals surface area contributed by atoms with Gasteiger partial charge in [0.15, 0.2) is 0 Å². The minimum Gasteiger partial charge on any atom is -0.361 e. The molecular weight excluding hydrogens is 443 g/mol. The van der Waals surface area contributed by atoms with Crippen molar-refractivity contribution in [3.63, 3.8) is 0 Å². The molecule has 3 aromatic rings. The Bertz CT molecular complexity index is 1110. The fourth-order valence-electron chi connectivity index (χ4n) is 2.90. The lowest BCUT2D eigenvalue weighted by atomic mass is 10.1. The van der Waals surface area contributed by atoms with Crippen molar-refractivity contribution in [2.24, 2.45) is 0 Å². The molecule has 0 spiro atoms. The summed E-state index contributed by atoms with van der Waals surface area (Å²) in [4.78, 5) is 25.0. The van der Waals surface area contributed by atoms with E-state index in [0.717, 1.165) is 23.4 Å². The van der Waals surface area contributed by atoms with E-state index in [1.165, 1.54) is 30.0 Å². The molecule has 0 radical (unpaired) electrons. The predicted molar refractivity (Wildman–Crippen MR) is 117 cm³/mol. The number of thioether (sulfide) groups is 1. The van der Waals surface area contributed by atoms with E-state index < -0.39 is 17.6 Å². The zero-order chi connectivity index (χ0) is 23.3. The molecule has 0 saturated heterocycles. The second-order valence-corrected chi connectivity index (χ2v) is 7.91. The highest BCUT2D eigenvalue weighted by Gasteiger charge is 2.30. The van der Waals surface area contributed by atoms with Gasteiger partial charge < -0.3 is 15.2 Å². The molecule has 2 aromatic carbocycles. The quantitative estimate of drug-likeness (QED) is 0.488. The molecule has 1 aromatic heterocycles. The highest BCUT2D eigenvalue weighted by Crippen LogP contribution is 2.31. The van der Waals surface area contributed by atoms with Crippen LogP contribution in [0.3, 0.4) is 0 Å². The molecule has 0 atom stereocenters. The summed E-state index contributed by atoms with van der Waals surface area (Å²) in [7, 11) is 0. The van der Waals surface area contributed by atoms with Gasteiger partial charge in [-0.2, -0.15) is 13.2 Å². The maximum atomic E-state index is 12.9. The molecule has 1 heterocycles. The first-order chi connectivity index (χ1) is 15.1. The zero-order valence-corrected chi connectivity index (χ0v) is 18.1. The van der Waals surface area contributed by atoms with Crippen LogP contribution in [0.2, 0.25) is 0 Å². The molecule has 10 heteroatoms. The predicted octanol–water partition coefficient (Wildman–Crippen LogP) is 5.43. The summed E-state index contributed by atoms with van der Waals surface area (Å²) < 4.78 is 43.8. The highest BCUT2D eigenvalue weighted by molar-refractivity contribution is 7.99. The first-order valence-electron chi connectivity index (χ1n) is 9.52. The average molecular weight is 463 g/mol. The summed E-state index contributed by atoms with van der Waals surface area (Å²) in [6.45, 7) is 3.63. The first-order valence-corrected chi connectivity index (χ1v) is 10.7. The van der Waals surface area contributed by atoms with Gasteiger partial charge in [0.05, 0.1) is 28.3 Å². The summed E-state index contributed by atoms with van der Waals surface area (Å²) in [6, 6.07) is 10.6. The van der Waals surface area contributed by atoms with Crippen molar-refractivity contribution in [3.05, 3.63) is 76.7 Å². The van der Waals surface area contributed by atoms with Gasteiger partial charge >= 0.3 is 6.18 Å². The number of alkyl halides is 3. The smallest absolute Gasteiger partial charge is 0.361 e. The van der Waals surface area contributed by atoms with Crippen molar-refractivity contribution >= 4 is 35.0 Å². The summed E-state index contributed by atoms with van der Waals surface area (Å²) in [5.74, 6) is 0.427. The van der Waals surface area contributed by atoms with Gasteiger partial charge in [0.1, 0.15) is 5.76 Å². The molecule has 0 fully saturated rings. The maximum absolute atomic E-state index is 12.9. The molecule has 3 rings (SSSR count). The Balaban J connectivity index is 1.64. The second-order valence-electron chi connectivity index (χ2n) is 6.92. The van der Waals surface area contributed by atoms with E-state index in [4.69, 9.17) is 4.52 Å². The van der Waals surface area contributed by atoms with E-state index in [1.807, 2.05) is 6.92 Å². The number of nitrogens with zero attached hydrogens (tertiary/aromatic N) is 1. The molecule has 0 unspecified atom stereocenters. The van der Waals surface area contributed by atoms with Crippen LogP contribution in [0.15, 0.2) is 53.1 Å². The Morgan fingerprint density at radius 1 is 1.06 bits per heavy atom. The van der Waals surface area contributed by atoms with Crippen LogP contribution in [0.1, 0.15) is 32.9 Å². The molecule has 2 amide bonds. The van der Waals surface area contributed by atoms with Crippen LogP contribution in [0.5, 0.6) is 0 Å². The maximum Gasteiger partial charge on any atom is 0.416 e. The summed E-state index contributed by atoms with van der Waals surface area (Å²) in [5.41, 5.74) is 1.23. The van der Waals surface area contributed by atoms with Crippen LogP contribution in [0, 0.1) is 13.8 Å². The van der Waals surface area contributed by atoms with Gasteiger partial charge in [0.25, 0.3) is 5.91 Å². The van der Waals surface area contributed by atoms with Gasteiger partial charge in [-0.25, -0.2) is 0 Å². The van der Waals surface area contributed by atoms with Gasteiger partial charge in [-0.05, 0) is 44.2 Å². The number of aromatic nitrogens is 1. The van der Waals surface area contributed by atoms with Crippen LogP contribution in [-0.4, -0.2) is 22.7 Å². The lowest BCUT2D eigenvalue weighted by Gasteiger charge is -2.13. The number of halogens is 3. The summed E-state index contributed by atoms with van der Waals surface area (Å²) in [6.07, 6.45) is -4.52. The van der Waals surface area contributed by atoms with E-state index >= 15 is 0 Å². The summed E-state index contributed by atoms with van der Waals surface area (Å²) >= 11 is 1.37. The number of nitrogens with one attached hydrogen (secondary N) is 2. The lowest BCUT2D eigenvalue weighted by molar-refractivity contribution is -0.137. The first kappa shape index (κ1) is 23.4. The number of anilines is 2. The SMILES string of the molecule is Cc1noc(C)c1CSCC(=O)Nc1ccccc1C(=O)Nc1cccc(C(F)(F)F)c1. The molecule has 2 N–H and O–H groups in total. The van der Waals surface area contributed by atoms with Crippen LogP contribution in [-0.2, 0) is 16.7 Å². The minimum absolute atomic E-state index is 0.000899. The number of amides is 2. The third-order valence-electron chi connectivity index (χ3n) is 4.55. The zero-order valence-electron chi connectivity index (χ0n) is 17.2. The number of carbonyl (C=O) groups excluding carboxylic acids is 2. The van der Waals surface area contributed by atoms with Crippen molar-refractivity contribution in [3.8, 4) is 0 Å². The van der Waals surface area contributed by atoms with Crippen LogP contribution in [0.4, 0.5) is 24.5 Å². The molecule has 0 aliphatic heterocycles. The molecule has 6 nitrogen and oxygen atoms in total. The number of hydrogen-bond acceptors (Lipinski definition) is 5. The Kier molecular flexibility index (Phi) is 7.24. The largest absolute Gasteiger partial charge is 0.416 e. The van der Waals surface area contributed by atoms with Crippen molar-refractivity contribution in [1.82, 2.24) is 5.16 Å². The molecule has 0 saturated carbocycles. The number of hydrogen-bond donors (Lipinski definition) is 2. The van der Waals surface area contributed by atoms with Crippen molar-refractivity contribution in [2.45, 2.75) is 25.8 Å². The minimum atomic E-state index is -4.52. The Hall–Kier alpha value is -3.27. The third kappa shape index (κ3) is 5.91. The number of carbonyl (C=O) groups is 2. The standard InChI is InChI=1S/C22H20F3N3O3S/c1-13-18(14(2)31-28-13)11-32-12-20(29)27-19-9-4-3-8-17(19)21(30)26-16-7-5-6-15(10-16)22(23,24)25/h3-10H,11-12H2,1-2H3,(H,26,30)(H,27,29). The number of rotatable bonds is 7.